The molecule has 3 aromatic carbocycles. The van der Waals surface area contributed by atoms with Gasteiger partial charge >= 0.3 is 29.8 Å². The molecule has 0 aromatic heterocycles. The molecule has 4 aliphatic rings. The van der Waals surface area contributed by atoms with Crippen LogP contribution in [-0.2, 0) is 52.4 Å². The van der Waals surface area contributed by atoms with E-state index in [1.807, 2.05) is 0 Å². The molecule has 11 atom stereocenters. The third-order valence-electron chi connectivity index (χ3n) is 14.0. The first-order valence-corrected chi connectivity index (χ1v) is 22.1. The number of aliphatic hydroxyl groups is 2. The first-order valence-electron chi connectivity index (χ1n) is 22.1. The van der Waals surface area contributed by atoms with Crippen LogP contribution in [-0.4, -0.2) is 120 Å². The van der Waals surface area contributed by atoms with Gasteiger partial charge in [0.05, 0.1) is 36.1 Å². The third kappa shape index (κ3) is 8.65. The monoisotopic (exact) mass is 924 g/mol. The SMILES string of the molecule is CNCC(=O)O[C@H]1CC2OC[C@@]2(OC(C)=O)[C@H]2[C@H](OC(=O)c3ccccc3)[C@]3(O)C[C@H](OC(=O)[C@H](O)[C@@H](NC(=O)c4ccccc4)c4ccccc4)C(C)=C([C@@H](OC(C)=O)C(=O)[C@]12C)C3(C)C. The van der Waals surface area contributed by atoms with Crippen molar-refractivity contribution >= 4 is 41.5 Å². The Morgan fingerprint density at radius 3 is 1.97 bits per heavy atom. The Labute approximate surface area is 387 Å². The summed E-state index contributed by atoms with van der Waals surface area (Å²) >= 11 is 0. The predicted molar refractivity (Wildman–Crippen MR) is 235 cm³/mol. The lowest BCUT2D eigenvalue weighted by Gasteiger charge is -2.67. The highest BCUT2D eigenvalue weighted by atomic mass is 16.6. The van der Waals surface area contributed by atoms with E-state index in [-0.39, 0.29) is 41.8 Å². The van der Waals surface area contributed by atoms with Crippen molar-refractivity contribution in [3.8, 4) is 0 Å². The molecule has 0 spiro atoms. The average Bonchev–Trinajstić information content (AvgIpc) is 3.29. The van der Waals surface area contributed by atoms with E-state index >= 15 is 4.79 Å². The number of aliphatic hydroxyl groups excluding tert-OH is 1. The van der Waals surface area contributed by atoms with Crippen molar-refractivity contribution in [1.82, 2.24) is 10.6 Å². The van der Waals surface area contributed by atoms with Crippen LogP contribution in [0.5, 0.6) is 0 Å². The summed E-state index contributed by atoms with van der Waals surface area (Å²) in [4.78, 5) is 98.3. The van der Waals surface area contributed by atoms with Gasteiger partial charge in [0, 0.05) is 37.7 Å². The highest BCUT2D eigenvalue weighted by molar-refractivity contribution is 5.96. The van der Waals surface area contributed by atoms with Crippen molar-refractivity contribution in [3.63, 3.8) is 0 Å². The van der Waals surface area contributed by atoms with Crippen molar-refractivity contribution < 1.29 is 72.2 Å². The quantitative estimate of drug-likeness (QED) is 0.109. The Morgan fingerprint density at radius 1 is 0.821 bits per heavy atom. The second kappa shape index (κ2) is 18.8. The number of hydrogen-bond donors (Lipinski definition) is 4. The molecule has 3 fully saturated rings. The topological polar surface area (TPSA) is 239 Å². The summed E-state index contributed by atoms with van der Waals surface area (Å²) in [7, 11) is 1.52. The van der Waals surface area contributed by atoms with Crippen LogP contribution in [0.25, 0.3) is 0 Å². The van der Waals surface area contributed by atoms with Crippen molar-refractivity contribution in [3.05, 3.63) is 119 Å². The molecule has 17 heteroatoms. The maximum Gasteiger partial charge on any atom is 0.338 e. The zero-order valence-electron chi connectivity index (χ0n) is 38.3. The molecule has 7 rings (SSSR count). The number of nitrogens with one attached hydrogen (secondary N) is 2. The van der Waals surface area contributed by atoms with Gasteiger partial charge < -0.3 is 49.3 Å². The van der Waals surface area contributed by atoms with Crippen molar-refractivity contribution in [2.45, 2.75) is 108 Å². The first-order chi connectivity index (χ1) is 31.7. The van der Waals surface area contributed by atoms with Gasteiger partial charge in [-0.2, -0.15) is 0 Å². The van der Waals surface area contributed by atoms with Gasteiger partial charge in [-0.05, 0) is 61.9 Å². The number of ketones is 1. The van der Waals surface area contributed by atoms with E-state index in [1.165, 1.54) is 33.0 Å². The summed E-state index contributed by atoms with van der Waals surface area (Å²) in [6, 6.07) is 22.8. The molecule has 356 valence electrons. The molecule has 4 N–H and O–H groups in total. The molecular weight excluding hydrogens is 869 g/mol. The van der Waals surface area contributed by atoms with Crippen LogP contribution in [0.15, 0.2) is 102 Å². The Bertz CT molecular complexity index is 2440. The van der Waals surface area contributed by atoms with E-state index in [2.05, 4.69) is 10.6 Å². The fraction of sp³-hybridized carbons (Fsp3) is 0.460. The number of carbonyl (C=O) groups excluding carboxylic acids is 7. The van der Waals surface area contributed by atoms with E-state index in [1.54, 1.807) is 92.7 Å². The number of benzene rings is 3. The summed E-state index contributed by atoms with van der Waals surface area (Å²) in [5.74, 6) is -7.78. The number of Topliss-reactive ketones (excluding diaryl/α,β-unsaturated/α-hetero) is 1. The van der Waals surface area contributed by atoms with Crippen molar-refractivity contribution in [2.24, 2.45) is 16.7 Å². The van der Waals surface area contributed by atoms with Crippen LogP contribution in [0, 0.1) is 16.7 Å². The molecule has 0 radical (unpaired) electrons. The van der Waals surface area contributed by atoms with Crippen molar-refractivity contribution in [2.75, 3.05) is 20.2 Å². The van der Waals surface area contributed by atoms with Gasteiger partial charge in [-0.1, -0.05) is 80.6 Å². The molecule has 1 amide bonds. The summed E-state index contributed by atoms with van der Waals surface area (Å²) in [5.41, 5.74) is -7.32. The van der Waals surface area contributed by atoms with Crippen molar-refractivity contribution in [1.29, 1.82) is 0 Å². The molecule has 1 saturated heterocycles. The summed E-state index contributed by atoms with van der Waals surface area (Å²) < 4.78 is 36.9. The molecule has 2 saturated carbocycles. The summed E-state index contributed by atoms with van der Waals surface area (Å²) in [5, 5.41) is 31.2. The molecule has 1 heterocycles. The minimum Gasteiger partial charge on any atom is -0.460 e. The zero-order valence-corrected chi connectivity index (χ0v) is 38.3. The Hall–Kier alpha value is -6.27. The number of likely N-dealkylation sites (N-methyl/N-ethyl adjacent to an activating group) is 1. The smallest absolute Gasteiger partial charge is 0.338 e. The van der Waals surface area contributed by atoms with Gasteiger partial charge in [-0.3, -0.25) is 24.0 Å². The molecule has 1 unspecified atom stereocenters. The number of fused-ring (bicyclic) bond motifs is 5. The van der Waals surface area contributed by atoms with Gasteiger partial charge in [0.2, 0.25) is 0 Å². The van der Waals surface area contributed by atoms with E-state index < -0.39 is 119 Å². The lowest BCUT2D eigenvalue weighted by atomic mass is 9.44. The van der Waals surface area contributed by atoms with Crippen LogP contribution in [0.4, 0.5) is 0 Å². The Kier molecular flexibility index (Phi) is 13.6. The number of hydrogen-bond acceptors (Lipinski definition) is 16. The fourth-order valence-electron chi connectivity index (χ4n) is 10.7. The van der Waals surface area contributed by atoms with Gasteiger partial charge in [0.15, 0.2) is 23.6 Å². The number of carbonyl (C=O) groups is 7. The molecule has 3 aromatic rings. The van der Waals surface area contributed by atoms with Crippen LogP contribution in [0.1, 0.15) is 86.7 Å². The average molecular weight is 925 g/mol. The van der Waals surface area contributed by atoms with Gasteiger partial charge in [0.25, 0.3) is 5.91 Å². The van der Waals surface area contributed by atoms with E-state index in [9.17, 15) is 39.0 Å². The third-order valence-corrected chi connectivity index (χ3v) is 14.0. The Balaban J connectivity index is 1.42. The number of rotatable bonds is 13. The van der Waals surface area contributed by atoms with Gasteiger partial charge in [-0.25, -0.2) is 9.59 Å². The molecule has 67 heavy (non-hydrogen) atoms. The fourth-order valence-corrected chi connectivity index (χ4v) is 10.7. The number of amides is 1. The van der Waals surface area contributed by atoms with E-state index in [0.717, 1.165) is 13.8 Å². The Morgan fingerprint density at radius 2 is 1.42 bits per heavy atom. The summed E-state index contributed by atoms with van der Waals surface area (Å²) in [6.07, 6.45) is -10.6. The van der Waals surface area contributed by atoms with Crippen LogP contribution in [0.3, 0.4) is 0 Å². The van der Waals surface area contributed by atoms with E-state index in [4.69, 9.17) is 28.4 Å². The minimum absolute atomic E-state index is 0.0278. The lowest BCUT2D eigenvalue weighted by molar-refractivity contribution is -0.346. The standard InChI is InChI=1S/C50H56N2O15/c1-27-33(64-46(60)39(56)38(30-17-11-8-12-18-30)52-44(58)31-19-13-9-14-20-31)24-50(61)43(66-45(59)32-21-15-10-16-22-32)41-48(6,42(57)40(63-28(2)53)37(27)47(50,4)5)34(65-36(55)25-51-7)23-35-49(41,26-62-35)67-29(3)54/h8-22,33-35,38-41,43,51,56,61H,23-26H2,1-7H3,(H,52,58)/t33-,34-,35?,38-,39+,40+,41-,43-,48+,49-,50+/m0/s1. The van der Waals surface area contributed by atoms with Crippen LogP contribution in [0.2, 0.25) is 0 Å². The molecule has 3 aliphatic carbocycles. The number of esters is 5. The van der Waals surface area contributed by atoms with E-state index in [0.29, 0.717) is 5.56 Å². The molecular formula is C50H56N2O15. The normalized spacial score (nSPS) is 30.3. The second-order valence-electron chi connectivity index (χ2n) is 18.3. The number of ether oxygens (including phenoxy) is 6. The maximum atomic E-state index is 16.0. The van der Waals surface area contributed by atoms with Crippen LogP contribution >= 0.6 is 0 Å². The van der Waals surface area contributed by atoms with Crippen LogP contribution < -0.4 is 10.6 Å². The zero-order chi connectivity index (χ0) is 48.6. The molecule has 17 nitrogen and oxygen atoms in total. The van der Waals surface area contributed by atoms with Gasteiger partial charge in [-0.15, -0.1) is 0 Å². The lowest BCUT2D eigenvalue weighted by Crippen LogP contribution is -2.82. The van der Waals surface area contributed by atoms with Gasteiger partial charge in [0.1, 0.15) is 30.0 Å². The maximum absolute atomic E-state index is 16.0. The summed E-state index contributed by atoms with van der Waals surface area (Å²) in [6.45, 7) is 7.66. The highest BCUT2D eigenvalue weighted by Crippen LogP contribution is 2.65. The predicted octanol–water partition coefficient (Wildman–Crippen LogP) is 3.51. The second-order valence-corrected chi connectivity index (χ2v) is 18.3. The first kappa shape index (κ1) is 48.7. The highest BCUT2D eigenvalue weighted by Gasteiger charge is 2.79. The largest absolute Gasteiger partial charge is 0.460 e. The minimum atomic E-state index is -2.45. The molecule has 2 bridgehead atoms. The molecule has 1 aliphatic heterocycles.